The van der Waals surface area contributed by atoms with Gasteiger partial charge in [-0.25, -0.2) is 15.0 Å². The minimum atomic E-state index is 0.554. The van der Waals surface area contributed by atoms with Gasteiger partial charge in [-0.3, -0.25) is 4.98 Å². The van der Waals surface area contributed by atoms with Gasteiger partial charge in [0.05, 0.1) is 0 Å². The monoisotopic (exact) mass is 692 g/mol. The lowest BCUT2D eigenvalue weighted by atomic mass is 9.94. The van der Waals surface area contributed by atoms with Crippen LogP contribution in [0, 0.1) is 0 Å². The van der Waals surface area contributed by atoms with Crippen molar-refractivity contribution in [1.82, 2.24) is 19.9 Å². The standard InChI is InChI=1S/C48H28N4O2/c1-3-14-29(15-4-1)44-45-43(37-26-31-18-7-8-19-32(31)27-41(37)54-45)38(28-49-44)33-20-9-10-21-34(33)47-50-46(30-16-5-2-6-17-30)51-48(52-47)36-23-13-25-40-42(36)35-22-11-12-24-39(35)53-40/h1-28H. The van der Waals surface area contributed by atoms with E-state index in [-0.39, 0.29) is 0 Å². The Morgan fingerprint density at radius 2 is 0.981 bits per heavy atom. The molecule has 0 atom stereocenters. The summed E-state index contributed by atoms with van der Waals surface area (Å²) < 4.78 is 13.0. The summed E-state index contributed by atoms with van der Waals surface area (Å²) in [5, 5.41) is 6.25. The van der Waals surface area contributed by atoms with E-state index in [1.165, 1.54) is 0 Å². The third-order valence-corrected chi connectivity index (χ3v) is 10.2. The van der Waals surface area contributed by atoms with Gasteiger partial charge in [-0.15, -0.1) is 0 Å². The highest BCUT2D eigenvalue weighted by molar-refractivity contribution is 6.19. The first-order valence-corrected chi connectivity index (χ1v) is 17.9. The molecule has 0 radical (unpaired) electrons. The number of para-hydroxylation sites is 1. The van der Waals surface area contributed by atoms with Crippen molar-refractivity contribution in [3.63, 3.8) is 0 Å². The van der Waals surface area contributed by atoms with Gasteiger partial charge in [0.2, 0.25) is 0 Å². The highest BCUT2D eigenvalue weighted by Crippen LogP contribution is 2.44. The summed E-state index contributed by atoms with van der Waals surface area (Å²) >= 11 is 0. The van der Waals surface area contributed by atoms with Crippen molar-refractivity contribution < 1.29 is 8.83 Å². The molecule has 4 aromatic heterocycles. The zero-order valence-corrected chi connectivity index (χ0v) is 28.8. The molecule has 11 aromatic rings. The van der Waals surface area contributed by atoms with Gasteiger partial charge < -0.3 is 8.83 Å². The van der Waals surface area contributed by atoms with E-state index < -0.39 is 0 Å². The van der Waals surface area contributed by atoms with Crippen molar-refractivity contribution in [2.75, 3.05) is 0 Å². The van der Waals surface area contributed by atoms with E-state index in [1.54, 1.807) is 0 Å². The number of rotatable bonds is 5. The molecule has 0 fully saturated rings. The maximum Gasteiger partial charge on any atom is 0.164 e. The number of pyridine rings is 1. The van der Waals surface area contributed by atoms with Crippen LogP contribution in [0.2, 0.25) is 0 Å². The summed E-state index contributed by atoms with van der Waals surface area (Å²) in [5.74, 6) is 1.70. The van der Waals surface area contributed by atoms with Gasteiger partial charge in [0.25, 0.3) is 0 Å². The van der Waals surface area contributed by atoms with Gasteiger partial charge >= 0.3 is 0 Å². The molecule has 0 unspecified atom stereocenters. The fourth-order valence-corrected chi connectivity index (χ4v) is 7.68. The van der Waals surface area contributed by atoms with Crippen molar-refractivity contribution in [1.29, 1.82) is 0 Å². The van der Waals surface area contributed by atoms with Gasteiger partial charge in [0, 0.05) is 55.6 Å². The summed E-state index contributed by atoms with van der Waals surface area (Å²) in [7, 11) is 0. The second-order valence-corrected chi connectivity index (χ2v) is 13.4. The Balaban J connectivity index is 1.19. The molecular formula is C48H28N4O2. The number of aromatic nitrogens is 4. The van der Waals surface area contributed by atoms with Crippen LogP contribution >= 0.6 is 0 Å². The second kappa shape index (κ2) is 12.1. The Morgan fingerprint density at radius 3 is 1.80 bits per heavy atom. The maximum atomic E-state index is 6.76. The third kappa shape index (κ3) is 4.81. The minimum absolute atomic E-state index is 0.554. The molecule has 6 heteroatoms. The summed E-state index contributed by atoms with van der Waals surface area (Å²) in [6.45, 7) is 0. The van der Waals surface area contributed by atoms with Crippen molar-refractivity contribution in [2.24, 2.45) is 0 Å². The predicted octanol–water partition coefficient (Wildman–Crippen LogP) is 12.6. The molecule has 4 heterocycles. The summed E-state index contributed by atoms with van der Waals surface area (Å²) in [6, 6.07) is 55.4. The molecule has 0 saturated carbocycles. The Morgan fingerprint density at radius 1 is 0.370 bits per heavy atom. The molecule has 252 valence electrons. The minimum Gasteiger partial charge on any atom is -0.456 e. The number of benzene rings is 7. The molecule has 0 N–H and O–H groups in total. The second-order valence-electron chi connectivity index (χ2n) is 13.4. The van der Waals surface area contributed by atoms with Crippen LogP contribution in [0.1, 0.15) is 0 Å². The fraction of sp³-hybridized carbons (Fsp3) is 0. The number of nitrogens with zero attached hydrogens (tertiary/aromatic N) is 4. The summed E-state index contributed by atoms with van der Waals surface area (Å²) in [5.41, 5.74) is 9.42. The van der Waals surface area contributed by atoms with Crippen molar-refractivity contribution in [3.05, 3.63) is 170 Å². The molecule has 0 amide bonds. The first kappa shape index (κ1) is 30.2. The van der Waals surface area contributed by atoms with Crippen LogP contribution < -0.4 is 0 Å². The van der Waals surface area contributed by atoms with Crippen LogP contribution in [-0.4, -0.2) is 19.9 Å². The zero-order chi connectivity index (χ0) is 35.6. The van der Waals surface area contributed by atoms with E-state index >= 15 is 0 Å². The smallest absolute Gasteiger partial charge is 0.164 e. The van der Waals surface area contributed by atoms with E-state index in [9.17, 15) is 0 Å². The first-order chi connectivity index (χ1) is 26.8. The van der Waals surface area contributed by atoms with Gasteiger partial charge in [-0.2, -0.15) is 0 Å². The number of furan rings is 2. The highest BCUT2D eigenvalue weighted by Gasteiger charge is 2.23. The predicted molar refractivity (Wildman–Crippen MR) is 217 cm³/mol. The molecule has 0 saturated heterocycles. The molecule has 0 aliphatic heterocycles. The Kier molecular flexibility index (Phi) is 6.75. The SMILES string of the molecule is c1ccc(-c2nc(-c3ccccc3-c3cnc(-c4ccccc4)c4oc5cc6ccccc6cc5c34)nc(-c3cccc4oc5ccccc5c34)n2)cc1. The molecule has 54 heavy (non-hydrogen) atoms. The van der Waals surface area contributed by atoms with Crippen LogP contribution in [0.5, 0.6) is 0 Å². The third-order valence-electron chi connectivity index (χ3n) is 10.2. The molecule has 11 rings (SSSR count). The topological polar surface area (TPSA) is 77.8 Å². The van der Waals surface area contributed by atoms with Crippen LogP contribution in [0.15, 0.2) is 179 Å². The Bertz CT molecular complexity index is 3220. The number of hydrogen-bond donors (Lipinski definition) is 0. The lowest BCUT2D eigenvalue weighted by molar-refractivity contribution is 0.668. The average molecular weight is 693 g/mol. The zero-order valence-electron chi connectivity index (χ0n) is 28.8. The lowest BCUT2D eigenvalue weighted by Crippen LogP contribution is -2.01. The van der Waals surface area contributed by atoms with Crippen molar-refractivity contribution >= 4 is 54.6 Å². The lowest BCUT2D eigenvalue weighted by Gasteiger charge is -2.13. The highest BCUT2D eigenvalue weighted by atomic mass is 16.3. The van der Waals surface area contributed by atoms with E-state index in [1.807, 2.05) is 97.2 Å². The van der Waals surface area contributed by atoms with Gasteiger partial charge in [0.1, 0.15) is 22.4 Å². The van der Waals surface area contributed by atoms with Crippen molar-refractivity contribution in [2.45, 2.75) is 0 Å². The molecule has 0 aliphatic rings. The van der Waals surface area contributed by atoms with Gasteiger partial charge in [-0.05, 0) is 40.6 Å². The van der Waals surface area contributed by atoms with Crippen molar-refractivity contribution in [3.8, 4) is 56.5 Å². The number of fused-ring (bicyclic) bond motifs is 7. The maximum absolute atomic E-state index is 6.76. The quantitative estimate of drug-likeness (QED) is 0.179. The van der Waals surface area contributed by atoms with E-state index in [0.29, 0.717) is 17.5 Å². The molecular weight excluding hydrogens is 665 g/mol. The van der Waals surface area contributed by atoms with E-state index in [0.717, 1.165) is 93.7 Å². The molecule has 0 bridgehead atoms. The first-order valence-electron chi connectivity index (χ1n) is 17.9. The molecule has 0 spiro atoms. The van der Waals surface area contributed by atoms with Gasteiger partial charge in [-0.1, -0.05) is 140 Å². The number of hydrogen-bond acceptors (Lipinski definition) is 6. The molecule has 6 nitrogen and oxygen atoms in total. The van der Waals surface area contributed by atoms with E-state index in [2.05, 4.69) is 72.8 Å². The molecule has 7 aromatic carbocycles. The van der Waals surface area contributed by atoms with Gasteiger partial charge in [0.15, 0.2) is 23.1 Å². The summed E-state index contributed by atoms with van der Waals surface area (Å²) in [4.78, 5) is 20.6. The normalized spacial score (nSPS) is 11.7. The molecule has 0 aliphatic carbocycles. The van der Waals surface area contributed by atoms with Crippen LogP contribution in [-0.2, 0) is 0 Å². The fourth-order valence-electron chi connectivity index (χ4n) is 7.68. The Labute approximate surface area is 309 Å². The largest absolute Gasteiger partial charge is 0.456 e. The summed E-state index contributed by atoms with van der Waals surface area (Å²) in [6.07, 6.45) is 1.96. The average Bonchev–Trinajstić information content (AvgIpc) is 3.81. The van der Waals surface area contributed by atoms with Crippen LogP contribution in [0.25, 0.3) is 111 Å². The van der Waals surface area contributed by atoms with Crippen LogP contribution in [0.4, 0.5) is 0 Å². The van der Waals surface area contributed by atoms with Crippen LogP contribution in [0.3, 0.4) is 0 Å². The Hall–Kier alpha value is -7.44. The van der Waals surface area contributed by atoms with E-state index in [4.69, 9.17) is 28.8 Å².